The Kier molecular flexibility index (Phi) is 6.96. The van der Waals surface area contributed by atoms with Crippen LogP contribution in [0.25, 0.3) is 0 Å². The second-order valence-corrected chi connectivity index (χ2v) is 4.65. The highest BCUT2D eigenvalue weighted by atomic mass is 19.4. The monoisotopic (exact) mass is 269 g/mol. The minimum absolute atomic E-state index is 0.203. The largest absolute Gasteiger partial charge is 0.391 e. The van der Waals surface area contributed by atoms with E-state index in [1.165, 1.54) is 0 Å². The Hall–Kier alpha value is -0.330. The van der Waals surface area contributed by atoms with Gasteiger partial charge in [-0.2, -0.15) is 13.2 Å². The average Bonchev–Trinajstić information content (AvgIpc) is 2.33. The van der Waals surface area contributed by atoms with E-state index in [0.717, 1.165) is 0 Å². The van der Waals surface area contributed by atoms with Gasteiger partial charge in [0.1, 0.15) is 0 Å². The zero-order valence-electron chi connectivity index (χ0n) is 10.8. The summed E-state index contributed by atoms with van der Waals surface area (Å²) in [6, 6.07) is 0.203. The first-order valence-electron chi connectivity index (χ1n) is 6.41. The number of rotatable bonds is 7. The molecule has 0 saturated heterocycles. The predicted octanol–water partition coefficient (Wildman–Crippen LogP) is 2.36. The number of methoxy groups -OCH3 is 1. The van der Waals surface area contributed by atoms with Gasteiger partial charge in [-0.1, -0.05) is 0 Å². The molecule has 108 valence electrons. The molecule has 0 atom stereocenters. The molecule has 0 aromatic carbocycles. The fourth-order valence-electron chi connectivity index (χ4n) is 2.20. The van der Waals surface area contributed by atoms with Crippen LogP contribution in [0.1, 0.15) is 25.7 Å². The zero-order chi connectivity index (χ0) is 13.4. The van der Waals surface area contributed by atoms with Gasteiger partial charge in [-0.25, -0.2) is 0 Å². The molecule has 0 unspecified atom stereocenters. The van der Waals surface area contributed by atoms with Gasteiger partial charge in [0.05, 0.1) is 25.7 Å². The van der Waals surface area contributed by atoms with E-state index < -0.39 is 12.1 Å². The van der Waals surface area contributed by atoms with Gasteiger partial charge >= 0.3 is 6.18 Å². The SMILES string of the molecule is COCCOCCNC1CCC(C(F)(F)F)CC1. The maximum absolute atomic E-state index is 12.4. The van der Waals surface area contributed by atoms with Gasteiger partial charge in [0.2, 0.25) is 0 Å². The van der Waals surface area contributed by atoms with E-state index in [2.05, 4.69) is 5.32 Å². The minimum atomic E-state index is -4.02. The van der Waals surface area contributed by atoms with Gasteiger partial charge in [0.15, 0.2) is 0 Å². The third-order valence-corrected chi connectivity index (χ3v) is 3.30. The summed E-state index contributed by atoms with van der Waals surface area (Å²) in [4.78, 5) is 0. The molecule has 0 bridgehead atoms. The number of hydrogen-bond acceptors (Lipinski definition) is 3. The first kappa shape index (κ1) is 15.7. The van der Waals surface area contributed by atoms with Crippen LogP contribution in [0.3, 0.4) is 0 Å². The summed E-state index contributed by atoms with van der Waals surface area (Å²) in [7, 11) is 1.61. The molecule has 1 rings (SSSR count). The van der Waals surface area contributed by atoms with Gasteiger partial charge in [-0.3, -0.25) is 0 Å². The number of ether oxygens (including phenoxy) is 2. The highest BCUT2D eigenvalue weighted by molar-refractivity contribution is 4.80. The van der Waals surface area contributed by atoms with Crippen molar-refractivity contribution in [3.05, 3.63) is 0 Å². The van der Waals surface area contributed by atoms with Crippen molar-refractivity contribution in [1.29, 1.82) is 0 Å². The number of nitrogens with one attached hydrogen (secondary N) is 1. The molecular formula is C12H22F3NO2. The lowest BCUT2D eigenvalue weighted by Crippen LogP contribution is -2.38. The van der Waals surface area contributed by atoms with Crippen LogP contribution in [0.2, 0.25) is 0 Å². The molecule has 18 heavy (non-hydrogen) atoms. The Labute approximate surface area is 106 Å². The molecule has 0 aromatic rings. The van der Waals surface area contributed by atoms with E-state index in [9.17, 15) is 13.2 Å². The quantitative estimate of drug-likeness (QED) is 0.720. The van der Waals surface area contributed by atoms with Crippen LogP contribution in [0.4, 0.5) is 13.2 Å². The molecule has 1 aliphatic rings. The van der Waals surface area contributed by atoms with Gasteiger partial charge in [0, 0.05) is 19.7 Å². The molecule has 0 aliphatic heterocycles. The normalized spacial score (nSPS) is 25.3. The van der Waals surface area contributed by atoms with Crippen molar-refractivity contribution in [2.24, 2.45) is 5.92 Å². The Morgan fingerprint density at radius 1 is 1.06 bits per heavy atom. The molecule has 1 aliphatic carbocycles. The maximum atomic E-state index is 12.4. The van der Waals surface area contributed by atoms with Crippen LogP contribution < -0.4 is 5.32 Å². The van der Waals surface area contributed by atoms with Crippen molar-refractivity contribution in [1.82, 2.24) is 5.32 Å². The van der Waals surface area contributed by atoms with Crippen molar-refractivity contribution < 1.29 is 22.6 Å². The van der Waals surface area contributed by atoms with E-state index >= 15 is 0 Å². The molecule has 1 N–H and O–H groups in total. The fourth-order valence-corrected chi connectivity index (χ4v) is 2.20. The fraction of sp³-hybridized carbons (Fsp3) is 1.00. The van der Waals surface area contributed by atoms with Crippen LogP contribution in [0.5, 0.6) is 0 Å². The van der Waals surface area contributed by atoms with E-state index in [0.29, 0.717) is 39.2 Å². The van der Waals surface area contributed by atoms with Crippen molar-refractivity contribution in [3.8, 4) is 0 Å². The first-order valence-corrected chi connectivity index (χ1v) is 6.41. The molecule has 1 saturated carbocycles. The van der Waals surface area contributed by atoms with Gasteiger partial charge in [-0.05, 0) is 25.7 Å². The highest BCUT2D eigenvalue weighted by Gasteiger charge is 2.41. The molecule has 0 amide bonds. The van der Waals surface area contributed by atoms with Crippen molar-refractivity contribution >= 4 is 0 Å². The highest BCUT2D eigenvalue weighted by Crippen LogP contribution is 2.37. The lowest BCUT2D eigenvalue weighted by molar-refractivity contribution is -0.182. The molecule has 0 spiro atoms. The van der Waals surface area contributed by atoms with Crippen LogP contribution in [0.15, 0.2) is 0 Å². The molecule has 3 nitrogen and oxygen atoms in total. The molecule has 0 heterocycles. The summed E-state index contributed by atoms with van der Waals surface area (Å²) < 4.78 is 47.4. The van der Waals surface area contributed by atoms with Crippen LogP contribution in [0, 0.1) is 5.92 Å². The summed E-state index contributed by atoms with van der Waals surface area (Å²) in [5, 5.41) is 3.24. The van der Waals surface area contributed by atoms with E-state index in [-0.39, 0.29) is 18.9 Å². The summed E-state index contributed by atoms with van der Waals surface area (Å²) in [5.74, 6) is -1.10. The summed E-state index contributed by atoms with van der Waals surface area (Å²) >= 11 is 0. The van der Waals surface area contributed by atoms with Crippen molar-refractivity contribution in [3.63, 3.8) is 0 Å². The third-order valence-electron chi connectivity index (χ3n) is 3.30. The summed E-state index contributed by atoms with van der Waals surface area (Å²) in [5.41, 5.74) is 0. The average molecular weight is 269 g/mol. The second kappa shape index (κ2) is 7.96. The van der Waals surface area contributed by atoms with Gasteiger partial charge in [0.25, 0.3) is 0 Å². The molecule has 1 fully saturated rings. The summed E-state index contributed by atoms with van der Waals surface area (Å²) in [6.07, 6.45) is -2.34. The standard InChI is InChI=1S/C12H22F3NO2/c1-17-8-9-18-7-6-16-11-4-2-10(3-5-11)12(13,14)15/h10-11,16H,2-9H2,1H3. The van der Waals surface area contributed by atoms with Gasteiger partial charge < -0.3 is 14.8 Å². The number of halogens is 3. The summed E-state index contributed by atoms with van der Waals surface area (Å²) in [6.45, 7) is 2.38. The van der Waals surface area contributed by atoms with E-state index in [1.54, 1.807) is 7.11 Å². The van der Waals surface area contributed by atoms with Crippen LogP contribution in [-0.2, 0) is 9.47 Å². The van der Waals surface area contributed by atoms with E-state index in [4.69, 9.17) is 9.47 Å². The molecule has 0 radical (unpaired) electrons. The van der Waals surface area contributed by atoms with Crippen LogP contribution >= 0.6 is 0 Å². The molecule has 0 aromatic heterocycles. The Morgan fingerprint density at radius 2 is 1.72 bits per heavy atom. The lowest BCUT2D eigenvalue weighted by Gasteiger charge is -2.30. The first-order chi connectivity index (χ1) is 8.54. The number of alkyl halides is 3. The van der Waals surface area contributed by atoms with Crippen molar-refractivity contribution in [2.75, 3.05) is 33.5 Å². The van der Waals surface area contributed by atoms with Crippen LogP contribution in [-0.4, -0.2) is 45.7 Å². The number of hydrogen-bond donors (Lipinski definition) is 1. The zero-order valence-corrected chi connectivity index (χ0v) is 10.8. The predicted molar refractivity (Wildman–Crippen MR) is 62.5 cm³/mol. The Morgan fingerprint density at radius 3 is 2.28 bits per heavy atom. The van der Waals surface area contributed by atoms with Gasteiger partial charge in [-0.15, -0.1) is 0 Å². The van der Waals surface area contributed by atoms with Crippen molar-refractivity contribution in [2.45, 2.75) is 37.9 Å². The van der Waals surface area contributed by atoms with E-state index in [1.807, 2.05) is 0 Å². The maximum Gasteiger partial charge on any atom is 0.391 e. The Balaban J connectivity index is 2.02. The third kappa shape index (κ3) is 6.02. The smallest absolute Gasteiger partial charge is 0.382 e. The second-order valence-electron chi connectivity index (χ2n) is 4.65. The topological polar surface area (TPSA) is 30.5 Å². The minimum Gasteiger partial charge on any atom is -0.382 e. The lowest BCUT2D eigenvalue weighted by atomic mass is 9.85. The molecule has 6 heteroatoms. The Bertz CT molecular complexity index is 216. The molecular weight excluding hydrogens is 247 g/mol.